The highest BCUT2D eigenvalue weighted by atomic mass is 127. The fourth-order valence-electron chi connectivity index (χ4n) is 1.10. The van der Waals surface area contributed by atoms with E-state index in [9.17, 15) is 4.79 Å². The van der Waals surface area contributed by atoms with E-state index in [1.54, 1.807) is 12.1 Å². The maximum absolute atomic E-state index is 11.9. The third-order valence-electron chi connectivity index (χ3n) is 1.82. The lowest BCUT2D eigenvalue weighted by Gasteiger charge is -2.13. The summed E-state index contributed by atoms with van der Waals surface area (Å²) in [6, 6.07) is 9.67. The molecule has 1 amide bonds. The van der Waals surface area contributed by atoms with Crippen molar-refractivity contribution in [3.8, 4) is 12.5 Å². The molecule has 1 aromatic rings. The number of amides is 1. The molecule has 0 fully saturated rings. The number of benzene rings is 1. The summed E-state index contributed by atoms with van der Waals surface area (Å²) >= 11 is 2.11. The fourth-order valence-corrected chi connectivity index (χ4v) is 1.72. The number of terminal acetylenes is 1. The Morgan fingerprint density at radius 1 is 1.60 bits per heavy atom. The second kappa shape index (κ2) is 5.56. The zero-order valence-corrected chi connectivity index (χ0v) is 10.3. The van der Waals surface area contributed by atoms with Crippen LogP contribution in [0.2, 0.25) is 0 Å². The average molecular weight is 311 g/mol. The third kappa shape index (κ3) is 2.83. The molecule has 3 heteroatoms. The first-order valence-corrected chi connectivity index (χ1v) is 5.42. The van der Waals surface area contributed by atoms with Crippen LogP contribution >= 0.6 is 22.6 Å². The molecular weight excluding hydrogens is 301 g/mol. The van der Waals surface area contributed by atoms with Crippen LogP contribution in [0.3, 0.4) is 0 Å². The first-order chi connectivity index (χ1) is 7.20. The molecule has 0 aliphatic heterocycles. The summed E-state index contributed by atoms with van der Waals surface area (Å²) in [4.78, 5) is 13.2. The van der Waals surface area contributed by atoms with Gasteiger partial charge in [0.1, 0.15) is 0 Å². The monoisotopic (exact) mass is 311 g/mol. The first kappa shape index (κ1) is 11.8. The van der Waals surface area contributed by atoms with Gasteiger partial charge in [-0.3, -0.25) is 9.69 Å². The topological polar surface area (TPSA) is 20.3 Å². The van der Waals surface area contributed by atoms with Crippen molar-refractivity contribution in [3.05, 3.63) is 46.1 Å². The van der Waals surface area contributed by atoms with Gasteiger partial charge in [-0.2, -0.15) is 0 Å². The van der Waals surface area contributed by atoms with Crippen molar-refractivity contribution in [2.45, 2.75) is 0 Å². The van der Waals surface area contributed by atoms with Gasteiger partial charge in [0.15, 0.2) is 0 Å². The number of halogens is 1. The standard InChI is InChI=1S/C12H10INO/c1-3-9-14(4-2)12(15)10-7-5-6-8-11(10)13/h2-3,5-8H,1,9H2. The smallest absolute Gasteiger partial charge is 0.266 e. The summed E-state index contributed by atoms with van der Waals surface area (Å²) in [5.41, 5.74) is 0.623. The lowest BCUT2D eigenvalue weighted by atomic mass is 10.2. The lowest BCUT2D eigenvalue weighted by Crippen LogP contribution is -2.26. The van der Waals surface area contributed by atoms with E-state index in [4.69, 9.17) is 6.42 Å². The predicted octanol–water partition coefficient (Wildman–Crippen LogP) is 2.51. The van der Waals surface area contributed by atoms with E-state index in [1.165, 1.54) is 4.90 Å². The normalized spacial score (nSPS) is 9.07. The van der Waals surface area contributed by atoms with Crippen molar-refractivity contribution in [3.63, 3.8) is 0 Å². The average Bonchev–Trinajstić information content (AvgIpc) is 2.25. The van der Waals surface area contributed by atoms with Gasteiger partial charge in [0.25, 0.3) is 5.91 Å². The van der Waals surface area contributed by atoms with Crippen molar-refractivity contribution in [1.29, 1.82) is 0 Å². The Morgan fingerprint density at radius 2 is 2.27 bits per heavy atom. The Morgan fingerprint density at radius 3 is 2.80 bits per heavy atom. The summed E-state index contributed by atoms with van der Waals surface area (Å²) in [5.74, 6) is -0.164. The largest absolute Gasteiger partial charge is 0.268 e. The number of hydrogen-bond acceptors (Lipinski definition) is 1. The molecule has 0 aromatic heterocycles. The zero-order chi connectivity index (χ0) is 11.3. The van der Waals surface area contributed by atoms with Gasteiger partial charge in [-0.1, -0.05) is 24.6 Å². The zero-order valence-electron chi connectivity index (χ0n) is 8.11. The minimum absolute atomic E-state index is 0.164. The molecule has 0 unspecified atom stereocenters. The van der Waals surface area contributed by atoms with Gasteiger partial charge in [-0.15, -0.1) is 6.58 Å². The van der Waals surface area contributed by atoms with E-state index < -0.39 is 0 Å². The van der Waals surface area contributed by atoms with Crippen LogP contribution in [-0.4, -0.2) is 17.4 Å². The van der Waals surface area contributed by atoms with Crippen LogP contribution < -0.4 is 0 Å². The molecule has 1 rings (SSSR count). The number of carbonyl (C=O) groups is 1. The van der Waals surface area contributed by atoms with Crippen LogP contribution in [-0.2, 0) is 0 Å². The molecule has 76 valence electrons. The Balaban J connectivity index is 2.99. The minimum atomic E-state index is -0.164. The van der Waals surface area contributed by atoms with E-state index in [1.807, 2.05) is 18.2 Å². The van der Waals surface area contributed by atoms with Crippen molar-refractivity contribution < 1.29 is 4.79 Å². The Labute approximate surface area is 103 Å². The molecule has 2 nitrogen and oxygen atoms in total. The second-order valence-corrected chi connectivity index (χ2v) is 3.98. The number of hydrogen-bond donors (Lipinski definition) is 0. The maximum atomic E-state index is 11.9. The molecule has 0 atom stereocenters. The lowest BCUT2D eigenvalue weighted by molar-refractivity contribution is 0.0846. The van der Waals surface area contributed by atoms with Crippen LogP contribution in [0.4, 0.5) is 0 Å². The van der Waals surface area contributed by atoms with Gasteiger partial charge in [0, 0.05) is 9.61 Å². The fraction of sp³-hybridized carbons (Fsp3) is 0.0833. The quantitative estimate of drug-likeness (QED) is 0.363. The second-order valence-electron chi connectivity index (χ2n) is 2.81. The summed E-state index contributed by atoms with van der Waals surface area (Å²) < 4.78 is 0.893. The maximum Gasteiger partial charge on any atom is 0.266 e. The van der Waals surface area contributed by atoms with Crippen molar-refractivity contribution in [2.75, 3.05) is 6.54 Å². The van der Waals surface area contributed by atoms with Crippen LogP contribution in [0, 0.1) is 16.0 Å². The van der Waals surface area contributed by atoms with Crippen LogP contribution in [0.25, 0.3) is 0 Å². The van der Waals surface area contributed by atoms with Gasteiger partial charge < -0.3 is 0 Å². The molecule has 0 saturated heterocycles. The highest BCUT2D eigenvalue weighted by Gasteiger charge is 2.14. The Hall–Kier alpha value is -1.28. The molecule has 0 radical (unpaired) electrons. The molecule has 0 spiro atoms. The van der Waals surface area contributed by atoms with Crippen molar-refractivity contribution in [1.82, 2.24) is 4.90 Å². The molecule has 0 heterocycles. The van der Waals surface area contributed by atoms with Crippen molar-refractivity contribution in [2.24, 2.45) is 0 Å². The molecule has 1 aromatic carbocycles. The molecule has 0 saturated carbocycles. The van der Waals surface area contributed by atoms with E-state index in [2.05, 4.69) is 35.2 Å². The van der Waals surface area contributed by atoms with Crippen LogP contribution in [0.15, 0.2) is 36.9 Å². The predicted molar refractivity (Wildman–Crippen MR) is 69.2 cm³/mol. The highest BCUT2D eigenvalue weighted by molar-refractivity contribution is 14.1. The van der Waals surface area contributed by atoms with Gasteiger partial charge in [0.2, 0.25) is 0 Å². The molecule has 15 heavy (non-hydrogen) atoms. The van der Waals surface area contributed by atoms with E-state index in [-0.39, 0.29) is 5.91 Å². The third-order valence-corrected chi connectivity index (χ3v) is 2.76. The summed E-state index contributed by atoms with van der Waals surface area (Å²) in [7, 11) is 0. The number of rotatable bonds is 3. The van der Waals surface area contributed by atoms with Gasteiger partial charge in [-0.05, 0) is 34.7 Å². The van der Waals surface area contributed by atoms with Crippen molar-refractivity contribution >= 4 is 28.5 Å². The van der Waals surface area contributed by atoms with Gasteiger partial charge >= 0.3 is 0 Å². The summed E-state index contributed by atoms with van der Waals surface area (Å²) in [6.45, 7) is 3.92. The SMILES string of the molecule is C#CN(CC=C)C(=O)c1ccccc1I. The van der Waals surface area contributed by atoms with Gasteiger partial charge in [-0.25, -0.2) is 0 Å². The van der Waals surface area contributed by atoms with Crippen LogP contribution in [0.1, 0.15) is 10.4 Å². The van der Waals surface area contributed by atoms with E-state index in [0.29, 0.717) is 12.1 Å². The summed E-state index contributed by atoms with van der Waals surface area (Å²) in [6.07, 6.45) is 6.86. The molecule has 0 N–H and O–H groups in total. The molecule has 0 bridgehead atoms. The molecular formula is C12H10INO. The Bertz CT molecular complexity index is 420. The first-order valence-electron chi connectivity index (χ1n) is 4.34. The van der Waals surface area contributed by atoms with Gasteiger partial charge in [0.05, 0.1) is 12.1 Å². The number of nitrogens with zero attached hydrogens (tertiary/aromatic N) is 1. The molecule has 0 aliphatic rings. The molecule has 0 aliphatic carbocycles. The van der Waals surface area contributed by atoms with Crippen LogP contribution in [0.5, 0.6) is 0 Å². The Kier molecular flexibility index (Phi) is 4.37. The highest BCUT2D eigenvalue weighted by Crippen LogP contribution is 2.13. The summed E-state index contributed by atoms with van der Waals surface area (Å²) in [5, 5.41) is 0. The van der Waals surface area contributed by atoms with E-state index in [0.717, 1.165) is 3.57 Å². The van der Waals surface area contributed by atoms with E-state index >= 15 is 0 Å². The number of carbonyl (C=O) groups excluding carboxylic acids is 1. The minimum Gasteiger partial charge on any atom is -0.268 e.